The molecular weight excluding hydrogens is 399 g/mol. The van der Waals surface area contributed by atoms with E-state index >= 15 is 0 Å². The van der Waals surface area contributed by atoms with E-state index in [4.69, 9.17) is 4.74 Å². The van der Waals surface area contributed by atoms with E-state index in [0.717, 1.165) is 0 Å². The number of nitrogens with zero attached hydrogens (tertiary/aromatic N) is 2. The van der Waals surface area contributed by atoms with E-state index in [1.165, 1.54) is 60.9 Å². The van der Waals surface area contributed by atoms with E-state index in [0.29, 0.717) is 11.4 Å². The fraction of sp³-hybridized carbons (Fsp3) is 0.105. The van der Waals surface area contributed by atoms with Gasteiger partial charge in [0.1, 0.15) is 11.6 Å². The Kier molecular flexibility index (Phi) is 6.03. The molecule has 0 spiro atoms. The number of anilines is 2. The average molecular weight is 416 g/mol. The van der Waals surface area contributed by atoms with Crippen molar-refractivity contribution in [2.75, 3.05) is 10.0 Å². The molecule has 3 rings (SSSR count). The highest BCUT2D eigenvalue weighted by Crippen LogP contribution is 2.18. The van der Waals surface area contributed by atoms with Gasteiger partial charge >= 0.3 is 0 Å². The standard InChI is InChI=1S/C19H17FN4O4S/c1-13(28-16-7-3-14(20)4-8-16)18(25)23-15-5-9-17(10-6-15)29(26,27)24-19-21-11-2-12-22-19/h2-13H,1H3,(H,23,25)(H,21,22,24)/t13-/m0/s1. The topological polar surface area (TPSA) is 110 Å². The third-order valence-electron chi connectivity index (χ3n) is 3.72. The Morgan fingerprint density at radius 2 is 1.66 bits per heavy atom. The Morgan fingerprint density at radius 1 is 1.03 bits per heavy atom. The zero-order chi connectivity index (χ0) is 20.9. The first-order chi connectivity index (χ1) is 13.8. The fourth-order valence-electron chi connectivity index (χ4n) is 2.26. The second-order valence-corrected chi connectivity index (χ2v) is 7.59. The van der Waals surface area contributed by atoms with Gasteiger partial charge in [-0.2, -0.15) is 0 Å². The number of hydrogen-bond acceptors (Lipinski definition) is 6. The summed E-state index contributed by atoms with van der Waals surface area (Å²) in [6.07, 6.45) is 1.98. The van der Waals surface area contributed by atoms with Crippen molar-refractivity contribution in [3.05, 3.63) is 72.8 Å². The van der Waals surface area contributed by atoms with Crippen molar-refractivity contribution < 1.29 is 22.3 Å². The number of amides is 1. The summed E-state index contributed by atoms with van der Waals surface area (Å²) in [6.45, 7) is 1.54. The second kappa shape index (κ2) is 8.65. The number of rotatable bonds is 7. The molecule has 1 heterocycles. The maximum absolute atomic E-state index is 12.9. The molecule has 150 valence electrons. The maximum atomic E-state index is 12.9. The third kappa shape index (κ3) is 5.48. The molecule has 0 unspecified atom stereocenters. The van der Waals surface area contributed by atoms with Crippen LogP contribution in [0.3, 0.4) is 0 Å². The summed E-state index contributed by atoms with van der Waals surface area (Å²) >= 11 is 0. The van der Waals surface area contributed by atoms with Crippen molar-refractivity contribution in [2.45, 2.75) is 17.9 Å². The summed E-state index contributed by atoms with van der Waals surface area (Å²) in [5.41, 5.74) is 0.388. The normalized spacial score (nSPS) is 12.1. The molecule has 0 aliphatic rings. The monoisotopic (exact) mass is 416 g/mol. The van der Waals surface area contributed by atoms with Gasteiger partial charge in [-0.05, 0) is 61.5 Å². The lowest BCUT2D eigenvalue weighted by molar-refractivity contribution is -0.122. The van der Waals surface area contributed by atoms with Crippen molar-refractivity contribution in [1.82, 2.24) is 9.97 Å². The molecule has 1 atom stereocenters. The molecule has 0 aliphatic heterocycles. The first-order valence-corrected chi connectivity index (χ1v) is 9.95. The molecule has 0 radical (unpaired) electrons. The Morgan fingerprint density at radius 3 is 2.28 bits per heavy atom. The van der Waals surface area contributed by atoms with Crippen LogP contribution in [0.1, 0.15) is 6.92 Å². The average Bonchev–Trinajstić information content (AvgIpc) is 2.70. The molecule has 1 amide bonds. The molecular formula is C19H17FN4O4S. The molecule has 2 aromatic carbocycles. The van der Waals surface area contributed by atoms with E-state index in [-0.39, 0.29) is 10.8 Å². The predicted molar refractivity (Wildman–Crippen MR) is 104 cm³/mol. The van der Waals surface area contributed by atoms with Crippen LogP contribution in [-0.4, -0.2) is 30.4 Å². The quantitative estimate of drug-likeness (QED) is 0.613. The minimum atomic E-state index is -3.86. The molecule has 0 aliphatic carbocycles. The zero-order valence-electron chi connectivity index (χ0n) is 15.2. The smallest absolute Gasteiger partial charge is 0.265 e. The number of nitrogens with one attached hydrogen (secondary N) is 2. The lowest BCUT2D eigenvalue weighted by atomic mass is 10.3. The Labute approximate surface area is 166 Å². The fourth-order valence-corrected chi connectivity index (χ4v) is 3.22. The lowest BCUT2D eigenvalue weighted by Crippen LogP contribution is -2.30. The van der Waals surface area contributed by atoms with Crippen LogP contribution in [-0.2, 0) is 14.8 Å². The zero-order valence-corrected chi connectivity index (χ0v) is 16.1. The van der Waals surface area contributed by atoms with Crippen LogP contribution >= 0.6 is 0 Å². The van der Waals surface area contributed by atoms with Crippen LogP contribution in [0.25, 0.3) is 0 Å². The molecule has 0 saturated carbocycles. The van der Waals surface area contributed by atoms with Crippen molar-refractivity contribution in [2.24, 2.45) is 0 Å². The van der Waals surface area contributed by atoms with Crippen LogP contribution < -0.4 is 14.8 Å². The number of aromatic nitrogens is 2. The number of benzene rings is 2. The van der Waals surface area contributed by atoms with Gasteiger partial charge in [-0.3, -0.25) is 4.79 Å². The molecule has 2 N–H and O–H groups in total. The predicted octanol–water partition coefficient (Wildman–Crippen LogP) is 2.82. The van der Waals surface area contributed by atoms with Gasteiger partial charge in [-0.25, -0.2) is 27.5 Å². The van der Waals surface area contributed by atoms with Crippen molar-refractivity contribution >= 4 is 27.6 Å². The minimum absolute atomic E-state index is 0.0152. The van der Waals surface area contributed by atoms with Gasteiger partial charge in [0.05, 0.1) is 4.90 Å². The van der Waals surface area contributed by atoms with Crippen LogP contribution in [0.2, 0.25) is 0 Å². The Hall–Kier alpha value is -3.53. The van der Waals surface area contributed by atoms with Gasteiger partial charge in [0.2, 0.25) is 5.95 Å². The molecule has 0 bridgehead atoms. The lowest BCUT2D eigenvalue weighted by Gasteiger charge is -2.15. The van der Waals surface area contributed by atoms with Gasteiger partial charge in [0.25, 0.3) is 15.9 Å². The summed E-state index contributed by atoms with van der Waals surface area (Å²) in [6, 6.07) is 12.4. The van der Waals surface area contributed by atoms with Gasteiger partial charge < -0.3 is 10.1 Å². The molecule has 1 aromatic heterocycles. The number of hydrogen-bond donors (Lipinski definition) is 2. The summed E-state index contributed by atoms with van der Waals surface area (Å²) in [5, 5.41) is 2.62. The summed E-state index contributed by atoms with van der Waals surface area (Å²) in [7, 11) is -3.86. The van der Waals surface area contributed by atoms with E-state index < -0.39 is 27.9 Å². The SMILES string of the molecule is C[C@H](Oc1ccc(F)cc1)C(=O)Nc1ccc(S(=O)(=O)Nc2ncccn2)cc1. The summed E-state index contributed by atoms with van der Waals surface area (Å²) in [4.78, 5) is 19.9. The number of ether oxygens (including phenoxy) is 1. The maximum Gasteiger partial charge on any atom is 0.265 e. The van der Waals surface area contributed by atoms with Crippen LogP contribution in [0, 0.1) is 5.82 Å². The number of carbonyl (C=O) groups excluding carboxylic acids is 1. The van der Waals surface area contributed by atoms with Gasteiger partial charge in [-0.1, -0.05) is 0 Å². The van der Waals surface area contributed by atoms with Crippen LogP contribution in [0.15, 0.2) is 71.9 Å². The first-order valence-electron chi connectivity index (χ1n) is 8.46. The number of halogens is 1. The van der Waals surface area contributed by atoms with Crippen molar-refractivity contribution in [3.8, 4) is 5.75 Å². The highest BCUT2D eigenvalue weighted by atomic mass is 32.2. The van der Waals surface area contributed by atoms with E-state index in [2.05, 4.69) is 20.0 Å². The van der Waals surface area contributed by atoms with E-state index in [1.54, 1.807) is 13.0 Å². The van der Waals surface area contributed by atoms with E-state index in [1.807, 2.05) is 0 Å². The van der Waals surface area contributed by atoms with Crippen molar-refractivity contribution in [3.63, 3.8) is 0 Å². The molecule has 29 heavy (non-hydrogen) atoms. The molecule has 8 nitrogen and oxygen atoms in total. The highest BCUT2D eigenvalue weighted by molar-refractivity contribution is 7.92. The minimum Gasteiger partial charge on any atom is -0.481 e. The number of carbonyl (C=O) groups is 1. The molecule has 0 fully saturated rings. The molecule has 3 aromatic rings. The molecule has 10 heteroatoms. The van der Waals surface area contributed by atoms with E-state index in [9.17, 15) is 17.6 Å². The summed E-state index contributed by atoms with van der Waals surface area (Å²) in [5.74, 6) is -0.542. The number of sulfonamides is 1. The third-order valence-corrected chi connectivity index (χ3v) is 5.06. The largest absolute Gasteiger partial charge is 0.481 e. The summed E-state index contributed by atoms with van der Waals surface area (Å²) < 4.78 is 45.3. The Balaban J connectivity index is 1.62. The van der Waals surface area contributed by atoms with Gasteiger partial charge in [0.15, 0.2) is 6.10 Å². The second-order valence-electron chi connectivity index (χ2n) is 5.91. The first kappa shape index (κ1) is 20.2. The van der Waals surface area contributed by atoms with Crippen molar-refractivity contribution in [1.29, 1.82) is 0 Å². The molecule has 0 saturated heterocycles. The van der Waals surface area contributed by atoms with Gasteiger partial charge in [0, 0.05) is 18.1 Å². The Bertz CT molecular complexity index is 1080. The van der Waals surface area contributed by atoms with Gasteiger partial charge in [-0.15, -0.1) is 0 Å². The van der Waals surface area contributed by atoms with Crippen LogP contribution in [0.5, 0.6) is 5.75 Å². The highest BCUT2D eigenvalue weighted by Gasteiger charge is 2.17. The van der Waals surface area contributed by atoms with Crippen LogP contribution in [0.4, 0.5) is 16.0 Å².